The molecule has 0 spiro atoms. The number of nitrogens with zero attached hydrogens (tertiary/aromatic N) is 1. The van der Waals surface area contributed by atoms with Gasteiger partial charge in [0.25, 0.3) is 0 Å². The summed E-state index contributed by atoms with van der Waals surface area (Å²) in [6.07, 6.45) is 0. The Bertz CT molecular complexity index is 377. The molecule has 0 aliphatic heterocycles. The van der Waals surface area contributed by atoms with E-state index >= 15 is 0 Å². The summed E-state index contributed by atoms with van der Waals surface area (Å²) in [5, 5.41) is 3.30. The normalized spacial score (nSPS) is 12.8. The molecule has 2 nitrogen and oxygen atoms in total. The lowest BCUT2D eigenvalue weighted by Crippen LogP contribution is -2.34. The predicted octanol–water partition coefficient (Wildman–Crippen LogP) is 3.69. The van der Waals surface area contributed by atoms with Gasteiger partial charge in [0.1, 0.15) is 0 Å². The van der Waals surface area contributed by atoms with Gasteiger partial charge in [-0.1, -0.05) is 35.8 Å². The van der Waals surface area contributed by atoms with Crippen LogP contribution in [0.3, 0.4) is 0 Å². The molecule has 1 rings (SSSR count). The van der Waals surface area contributed by atoms with Crippen LogP contribution in [0.1, 0.15) is 19.4 Å². The molecule has 0 aliphatic rings. The van der Waals surface area contributed by atoms with Gasteiger partial charge in [-0.2, -0.15) is 0 Å². The van der Waals surface area contributed by atoms with Gasteiger partial charge in [0.15, 0.2) is 0 Å². The first-order valence-electron chi connectivity index (χ1n) is 6.57. The Kier molecular flexibility index (Phi) is 6.16. The van der Waals surface area contributed by atoms with Crippen molar-refractivity contribution >= 4 is 21.6 Å². The molecule has 0 aliphatic carbocycles. The molecular weight excluding hydrogens is 288 g/mol. The molecule has 0 saturated heterocycles. The second kappa shape index (κ2) is 7.15. The Morgan fingerprint density at radius 3 is 2.56 bits per heavy atom. The minimum Gasteiger partial charge on any atom is -0.374 e. The van der Waals surface area contributed by atoms with Crippen LogP contribution < -0.4 is 10.2 Å². The third-order valence-electron chi connectivity index (χ3n) is 3.50. The second-order valence-electron chi connectivity index (χ2n) is 5.37. The predicted molar refractivity (Wildman–Crippen MR) is 84.4 cm³/mol. The SMILES string of the molecule is CNCC(CN(C)c1cc(Br)ccc1C)C(C)C. The number of benzene rings is 1. The van der Waals surface area contributed by atoms with Crippen molar-refractivity contribution < 1.29 is 0 Å². The molecule has 0 aromatic heterocycles. The van der Waals surface area contributed by atoms with E-state index in [0.29, 0.717) is 11.8 Å². The maximum Gasteiger partial charge on any atom is 0.0404 e. The summed E-state index contributed by atoms with van der Waals surface area (Å²) >= 11 is 3.55. The number of anilines is 1. The van der Waals surface area contributed by atoms with Gasteiger partial charge in [-0.15, -0.1) is 0 Å². The maximum atomic E-state index is 3.55. The van der Waals surface area contributed by atoms with Crippen molar-refractivity contribution in [1.82, 2.24) is 5.32 Å². The van der Waals surface area contributed by atoms with Crippen LogP contribution in [0.2, 0.25) is 0 Å². The molecule has 0 amide bonds. The zero-order chi connectivity index (χ0) is 13.7. The number of rotatable bonds is 6. The first-order valence-corrected chi connectivity index (χ1v) is 7.37. The van der Waals surface area contributed by atoms with E-state index in [-0.39, 0.29) is 0 Å². The summed E-state index contributed by atoms with van der Waals surface area (Å²) in [6, 6.07) is 6.46. The zero-order valence-corrected chi connectivity index (χ0v) is 13.7. The lowest BCUT2D eigenvalue weighted by Gasteiger charge is -2.29. The van der Waals surface area contributed by atoms with Crippen LogP contribution >= 0.6 is 15.9 Å². The van der Waals surface area contributed by atoms with Gasteiger partial charge < -0.3 is 10.2 Å². The van der Waals surface area contributed by atoms with Gasteiger partial charge in [0, 0.05) is 23.8 Å². The molecule has 1 atom stereocenters. The molecule has 102 valence electrons. The molecular formula is C15H25BrN2. The third-order valence-corrected chi connectivity index (χ3v) is 3.99. The minimum atomic E-state index is 0.665. The van der Waals surface area contributed by atoms with E-state index in [0.717, 1.165) is 17.6 Å². The molecule has 1 N–H and O–H groups in total. The Morgan fingerprint density at radius 2 is 2.00 bits per heavy atom. The van der Waals surface area contributed by atoms with E-state index in [2.05, 4.69) is 72.2 Å². The van der Waals surface area contributed by atoms with E-state index in [1.807, 2.05) is 7.05 Å². The molecule has 1 aromatic carbocycles. The first-order chi connectivity index (χ1) is 8.45. The summed E-state index contributed by atoms with van der Waals surface area (Å²) in [7, 11) is 4.21. The first kappa shape index (κ1) is 15.5. The largest absolute Gasteiger partial charge is 0.374 e. The summed E-state index contributed by atoms with van der Waals surface area (Å²) in [4.78, 5) is 2.36. The molecule has 0 radical (unpaired) electrons. The van der Waals surface area contributed by atoms with Crippen molar-refractivity contribution in [2.45, 2.75) is 20.8 Å². The zero-order valence-electron chi connectivity index (χ0n) is 12.1. The highest BCUT2D eigenvalue weighted by Gasteiger charge is 2.16. The molecule has 0 bridgehead atoms. The fourth-order valence-electron chi connectivity index (χ4n) is 2.22. The summed E-state index contributed by atoms with van der Waals surface area (Å²) < 4.78 is 1.14. The monoisotopic (exact) mass is 312 g/mol. The van der Waals surface area contributed by atoms with Crippen molar-refractivity contribution in [1.29, 1.82) is 0 Å². The summed E-state index contributed by atoms with van der Waals surface area (Å²) in [5.41, 5.74) is 2.64. The maximum absolute atomic E-state index is 3.55. The summed E-state index contributed by atoms with van der Waals surface area (Å²) in [5.74, 6) is 1.35. The topological polar surface area (TPSA) is 15.3 Å². The average Bonchev–Trinajstić information content (AvgIpc) is 2.31. The second-order valence-corrected chi connectivity index (χ2v) is 6.29. The lowest BCUT2D eigenvalue weighted by molar-refractivity contribution is 0.376. The van der Waals surface area contributed by atoms with Gasteiger partial charge in [-0.25, -0.2) is 0 Å². The lowest BCUT2D eigenvalue weighted by atomic mass is 9.95. The minimum absolute atomic E-state index is 0.665. The van der Waals surface area contributed by atoms with Crippen molar-refractivity contribution in [3.8, 4) is 0 Å². The molecule has 3 heteroatoms. The fourth-order valence-corrected chi connectivity index (χ4v) is 2.57. The van der Waals surface area contributed by atoms with Gasteiger partial charge in [-0.3, -0.25) is 0 Å². The van der Waals surface area contributed by atoms with E-state index in [1.165, 1.54) is 11.3 Å². The fraction of sp³-hybridized carbons (Fsp3) is 0.600. The number of nitrogens with one attached hydrogen (secondary N) is 1. The highest BCUT2D eigenvalue weighted by atomic mass is 79.9. The van der Waals surface area contributed by atoms with Crippen molar-refractivity contribution in [3.05, 3.63) is 28.2 Å². The number of aryl methyl sites for hydroxylation is 1. The molecule has 0 fully saturated rings. The van der Waals surface area contributed by atoms with Gasteiger partial charge in [-0.05, 0) is 50.0 Å². The Morgan fingerprint density at radius 1 is 1.33 bits per heavy atom. The van der Waals surface area contributed by atoms with Crippen LogP contribution in [-0.2, 0) is 0 Å². The number of hydrogen-bond acceptors (Lipinski definition) is 2. The number of hydrogen-bond donors (Lipinski definition) is 1. The van der Waals surface area contributed by atoms with E-state index in [9.17, 15) is 0 Å². The smallest absolute Gasteiger partial charge is 0.0404 e. The summed E-state index contributed by atoms with van der Waals surface area (Å²) in [6.45, 7) is 8.90. The highest BCUT2D eigenvalue weighted by molar-refractivity contribution is 9.10. The van der Waals surface area contributed by atoms with Crippen LogP contribution in [-0.4, -0.2) is 27.2 Å². The highest BCUT2D eigenvalue weighted by Crippen LogP contribution is 2.25. The molecule has 18 heavy (non-hydrogen) atoms. The molecule has 1 aromatic rings. The van der Waals surface area contributed by atoms with Gasteiger partial charge >= 0.3 is 0 Å². The van der Waals surface area contributed by atoms with Crippen LogP contribution in [0.15, 0.2) is 22.7 Å². The average molecular weight is 313 g/mol. The molecule has 0 saturated carbocycles. The van der Waals surface area contributed by atoms with Crippen molar-refractivity contribution in [2.24, 2.45) is 11.8 Å². The van der Waals surface area contributed by atoms with Crippen molar-refractivity contribution in [3.63, 3.8) is 0 Å². The van der Waals surface area contributed by atoms with Gasteiger partial charge in [0.2, 0.25) is 0 Å². The van der Waals surface area contributed by atoms with E-state index in [1.54, 1.807) is 0 Å². The van der Waals surface area contributed by atoms with Crippen LogP contribution in [0, 0.1) is 18.8 Å². The Balaban J connectivity index is 2.79. The number of halogens is 1. The quantitative estimate of drug-likeness (QED) is 0.862. The molecule has 0 heterocycles. The van der Waals surface area contributed by atoms with Crippen LogP contribution in [0.25, 0.3) is 0 Å². The van der Waals surface area contributed by atoms with Crippen LogP contribution in [0.5, 0.6) is 0 Å². The third kappa shape index (κ3) is 4.29. The molecule has 1 unspecified atom stereocenters. The van der Waals surface area contributed by atoms with E-state index < -0.39 is 0 Å². The Labute approximate surface area is 120 Å². The van der Waals surface area contributed by atoms with Gasteiger partial charge in [0.05, 0.1) is 0 Å². The standard InChI is InChI=1S/C15H25BrN2/c1-11(2)13(9-17-4)10-18(5)15-8-14(16)7-6-12(15)3/h6-8,11,13,17H,9-10H2,1-5H3. The van der Waals surface area contributed by atoms with E-state index in [4.69, 9.17) is 0 Å². The Hall–Kier alpha value is -0.540. The van der Waals surface area contributed by atoms with Crippen molar-refractivity contribution in [2.75, 3.05) is 32.1 Å². The van der Waals surface area contributed by atoms with Crippen LogP contribution in [0.4, 0.5) is 5.69 Å².